The number of hydrogen-bond acceptors (Lipinski definition) is 2. The Morgan fingerprint density at radius 2 is 1.31 bits per heavy atom. The predicted molar refractivity (Wildman–Crippen MR) is 116 cm³/mol. The molecular formula is C22H41N3S. The third-order valence-electron chi connectivity index (χ3n) is 5.15. The minimum Gasteiger partial charge on any atom is -0.300 e. The molecule has 0 bridgehead atoms. The first-order valence-electron chi connectivity index (χ1n) is 11.0. The molecular weight excluding hydrogens is 338 g/mol. The molecule has 0 saturated carbocycles. The first-order chi connectivity index (χ1) is 12.8. The fourth-order valence-electron chi connectivity index (χ4n) is 3.51. The Hall–Kier alpha value is -0.900. The molecule has 3 nitrogen and oxygen atoms in total. The van der Waals surface area contributed by atoms with Gasteiger partial charge in [-0.3, -0.25) is 5.10 Å². The molecule has 1 aromatic rings. The van der Waals surface area contributed by atoms with Crippen LogP contribution in [-0.2, 0) is 13.0 Å². The van der Waals surface area contributed by atoms with E-state index >= 15 is 0 Å². The first-order valence-corrected chi connectivity index (χ1v) is 11.5. The number of hydrogen-bond donors (Lipinski definition) is 1. The Morgan fingerprint density at radius 3 is 1.77 bits per heavy atom. The van der Waals surface area contributed by atoms with Gasteiger partial charge in [-0.1, -0.05) is 103 Å². The second-order valence-electron chi connectivity index (χ2n) is 7.54. The number of unbranched alkanes of at least 4 members (excludes halogenated alkanes) is 14. The summed E-state index contributed by atoms with van der Waals surface area (Å²) in [6.45, 7) is 6.83. The van der Waals surface area contributed by atoms with Crippen molar-refractivity contribution in [3.05, 3.63) is 23.3 Å². The average Bonchev–Trinajstić information content (AvgIpc) is 2.99. The molecule has 26 heavy (non-hydrogen) atoms. The van der Waals surface area contributed by atoms with Gasteiger partial charge in [-0.25, -0.2) is 0 Å². The number of nitrogens with zero attached hydrogens (tertiary/aromatic N) is 2. The fraction of sp³-hybridized carbons (Fsp3) is 0.818. The SMILES string of the molecule is C=CCn1c(CCCCCCCCCCCCCCCCC)n[nH]c1=S. The van der Waals surface area contributed by atoms with E-state index < -0.39 is 0 Å². The van der Waals surface area contributed by atoms with Crippen LogP contribution >= 0.6 is 12.2 Å². The molecule has 1 heterocycles. The van der Waals surface area contributed by atoms with Crippen molar-refractivity contribution in [2.75, 3.05) is 0 Å². The molecule has 0 aliphatic carbocycles. The lowest BCUT2D eigenvalue weighted by Gasteiger charge is -2.04. The fourth-order valence-corrected chi connectivity index (χ4v) is 3.74. The van der Waals surface area contributed by atoms with Crippen LogP contribution in [0.2, 0.25) is 0 Å². The molecule has 0 atom stereocenters. The molecule has 0 radical (unpaired) electrons. The Bertz CT molecular complexity index is 504. The highest BCUT2D eigenvalue weighted by atomic mass is 32.1. The van der Waals surface area contributed by atoms with Gasteiger partial charge < -0.3 is 4.57 Å². The summed E-state index contributed by atoms with van der Waals surface area (Å²) in [5.74, 6) is 1.07. The van der Waals surface area contributed by atoms with E-state index in [1.807, 2.05) is 10.6 Å². The van der Waals surface area contributed by atoms with E-state index in [0.29, 0.717) is 4.77 Å². The third-order valence-corrected chi connectivity index (χ3v) is 5.46. The summed E-state index contributed by atoms with van der Waals surface area (Å²) in [6.07, 6.45) is 23.9. The van der Waals surface area contributed by atoms with E-state index in [-0.39, 0.29) is 0 Å². The number of aryl methyl sites for hydroxylation is 1. The first kappa shape index (κ1) is 23.1. The molecule has 0 unspecified atom stereocenters. The van der Waals surface area contributed by atoms with E-state index in [9.17, 15) is 0 Å². The van der Waals surface area contributed by atoms with E-state index in [0.717, 1.165) is 18.8 Å². The van der Waals surface area contributed by atoms with Gasteiger partial charge in [0.1, 0.15) is 5.82 Å². The lowest BCUT2D eigenvalue weighted by atomic mass is 10.0. The molecule has 1 N–H and O–H groups in total. The van der Waals surface area contributed by atoms with Crippen LogP contribution < -0.4 is 0 Å². The van der Waals surface area contributed by atoms with Crippen molar-refractivity contribution in [3.8, 4) is 0 Å². The summed E-state index contributed by atoms with van der Waals surface area (Å²) in [6, 6.07) is 0. The molecule has 0 aliphatic rings. The van der Waals surface area contributed by atoms with Crippen molar-refractivity contribution >= 4 is 12.2 Å². The highest BCUT2D eigenvalue weighted by Crippen LogP contribution is 2.14. The Balaban J connectivity index is 1.87. The van der Waals surface area contributed by atoms with Gasteiger partial charge in [-0.2, -0.15) is 5.10 Å². The predicted octanol–water partition coefficient (Wildman–Crippen LogP) is 7.54. The molecule has 0 spiro atoms. The van der Waals surface area contributed by atoms with Crippen LogP contribution in [0, 0.1) is 4.77 Å². The molecule has 0 amide bonds. The summed E-state index contributed by atoms with van der Waals surface area (Å²) in [5, 5.41) is 7.23. The summed E-state index contributed by atoms with van der Waals surface area (Å²) >= 11 is 5.25. The molecule has 1 aromatic heterocycles. The monoisotopic (exact) mass is 379 g/mol. The number of allylic oxidation sites excluding steroid dienone is 1. The molecule has 0 aromatic carbocycles. The lowest BCUT2D eigenvalue weighted by molar-refractivity contribution is 0.530. The van der Waals surface area contributed by atoms with Gasteiger partial charge in [0.2, 0.25) is 0 Å². The second-order valence-corrected chi connectivity index (χ2v) is 7.93. The normalized spacial score (nSPS) is 11.1. The Kier molecular flexibility index (Phi) is 14.5. The zero-order chi connectivity index (χ0) is 18.9. The molecule has 1 rings (SSSR count). The zero-order valence-corrected chi connectivity index (χ0v) is 17.9. The molecule has 4 heteroatoms. The maximum absolute atomic E-state index is 5.25. The van der Waals surface area contributed by atoms with Crippen molar-refractivity contribution in [1.82, 2.24) is 14.8 Å². The van der Waals surface area contributed by atoms with Crippen LogP contribution in [0.1, 0.15) is 109 Å². The van der Waals surface area contributed by atoms with Crippen LogP contribution in [-0.4, -0.2) is 14.8 Å². The average molecular weight is 380 g/mol. The number of nitrogens with one attached hydrogen (secondary N) is 1. The zero-order valence-electron chi connectivity index (χ0n) is 17.1. The topological polar surface area (TPSA) is 33.6 Å². The Morgan fingerprint density at radius 1 is 0.846 bits per heavy atom. The minimum atomic E-state index is 0.709. The van der Waals surface area contributed by atoms with Crippen molar-refractivity contribution in [1.29, 1.82) is 0 Å². The maximum Gasteiger partial charge on any atom is 0.195 e. The van der Waals surface area contributed by atoms with Crippen LogP contribution in [0.25, 0.3) is 0 Å². The van der Waals surface area contributed by atoms with Gasteiger partial charge in [0, 0.05) is 13.0 Å². The quantitative estimate of drug-likeness (QED) is 0.162. The Labute approximate surface area is 166 Å². The number of rotatable bonds is 18. The van der Waals surface area contributed by atoms with Gasteiger partial charge in [0.05, 0.1) is 0 Å². The smallest absolute Gasteiger partial charge is 0.195 e. The van der Waals surface area contributed by atoms with Crippen molar-refractivity contribution in [2.45, 2.75) is 116 Å². The van der Waals surface area contributed by atoms with E-state index in [1.165, 1.54) is 96.3 Å². The standard InChI is InChI=1S/C22H41N3S/c1-3-5-6-7-8-9-10-11-12-13-14-15-16-17-18-19-21-23-24-22(26)25(21)20-4-2/h4H,2-3,5-20H2,1H3,(H,24,26). The highest BCUT2D eigenvalue weighted by molar-refractivity contribution is 7.71. The summed E-state index contributed by atoms with van der Waals surface area (Å²) in [5.41, 5.74) is 0. The summed E-state index contributed by atoms with van der Waals surface area (Å²) in [7, 11) is 0. The molecule has 0 aliphatic heterocycles. The number of aromatic amines is 1. The van der Waals surface area contributed by atoms with E-state index in [2.05, 4.69) is 23.7 Å². The van der Waals surface area contributed by atoms with Crippen LogP contribution in [0.3, 0.4) is 0 Å². The van der Waals surface area contributed by atoms with Gasteiger partial charge in [-0.15, -0.1) is 6.58 Å². The van der Waals surface area contributed by atoms with Crippen LogP contribution in [0.4, 0.5) is 0 Å². The van der Waals surface area contributed by atoms with Crippen molar-refractivity contribution in [2.24, 2.45) is 0 Å². The molecule has 0 fully saturated rings. The minimum absolute atomic E-state index is 0.709. The van der Waals surface area contributed by atoms with Crippen molar-refractivity contribution in [3.63, 3.8) is 0 Å². The largest absolute Gasteiger partial charge is 0.300 e. The van der Waals surface area contributed by atoms with Crippen molar-refractivity contribution < 1.29 is 0 Å². The maximum atomic E-state index is 5.25. The van der Waals surface area contributed by atoms with Gasteiger partial charge in [0.15, 0.2) is 4.77 Å². The van der Waals surface area contributed by atoms with E-state index in [1.54, 1.807) is 0 Å². The summed E-state index contributed by atoms with van der Waals surface area (Å²) in [4.78, 5) is 0. The van der Waals surface area contributed by atoms with Gasteiger partial charge in [-0.05, 0) is 18.6 Å². The number of aromatic nitrogens is 3. The third kappa shape index (κ3) is 10.9. The molecule has 150 valence electrons. The lowest BCUT2D eigenvalue weighted by Crippen LogP contribution is -2.02. The van der Waals surface area contributed by atoms with E-state index in [4.69, 9.17) is 12.2 Å². The second kappa shape index (κ2) is 16.3. The van der Waals surface area contributed by atoms with Gasteiger partial charge >= 0.3 is 0 Å². The van der Waals surface area contributed by atoms with Crippen LogP contribution in [0.15, 0.2) is 12.7 Å². The van der Waals surface area contributed by atoms with Crippen LogP contribution in [0.5, 0.6) is 0 Å². The highest BCUT2D eigenvalue weighted by Gasteiger charge is 2.04. The van der Waals surface area contributed by atoms with Gasteiger partial charge in [0.25, 0.3) is 0 Å². The summed E-state index contributed by atoms with van der Waals surface area (Å²) < 4.78 is 2.76. The molecule has 0 saturated heterocycles. The number of H-pyrrole nitrogens is 1.